The summed E-state index contributed by atoms with van der Waals surface area (Å²) < 4.78 is 6.85. The molecular weight excluding hydrogens is 278 g/mol. The lowest BCUT2D eigenvalue weighted by Gasteiger charge is -2.12. The number of carbonyl (C=O) groups is 2. The van der Waals surface area contributed by atoms with Gasteiger partial charge in [-0.15, -0.1) is 0 Å². The number of hydrogen-bond donors (Lipinski definition) is 0. The highest BCUT2D eigenvalue weighted by Crippen LogP contribution is 2.27. The number of aromatic nitrogens is 1. The molecule has 0 radical (unpaired) electrons. The summed E-state index contributed by atoms with van der Waals surface area (Å²) in [7, 11) is 0. The predicted molar refractivity (Wildman–Crippen MR) is 83.0 cm³/mol. The van der Waals surface area contributed by atoms with Crippen LogP contribution >= 0.6 is 0 Å². The molecule has 1 aromatic heterocycles. The van der Waals surface area contributed by atoms with Crippen LogP contribution in [-0.2, 0) is 28.9 Å². The molecule has 0 saturated heterocycles. The van der Waals surface area contributed by atoms with Crippen molar-refractivity contribution in [2.45, 2.75) is 32.7 Å². The van der Waals surface area contributed by atoms with E-state index in [-0.39, 0.29) is 6.61 Å². The third-order valence-electron chi connectivity index (χ3n) is 4.03. The zero-order chi connectivity index (χ0) is 15.5. The first kappa shape index (κ1) is 14.6. The molecular formula is C18H19NO3. The fourth-order valence-electron chi connectivity index (χ4n) is 3.04. The van der Waals surface area contributed by atoms with E-state index in [1.807, 2.05) is 41.0 Å². The minimum Gasteiger partial charge on any atom is -0.460 e. The Bertz CT molecular complexity index is 701. The van der Waals surface area contributed by atoms with Gasteiger partial charge in [-0.05, 0) is 43.4 Å². The lowest BCUT2D eigenvalue weighted by Crippen LogP contribution is -2.22. The molecule has 0 fully saturated rings. The minimum absolute atomic E-state index is 0.212. The van der Waals surface area contributed by atoms with Crippen molar-refractivity contribution in [2.24, 2.45) is 0 Å². The van der Waals surface area contributed by atoms with Crippen molar-refractivity contribution in [3.8, 4) is 0 Å². The van der Waals surface area contributed by atoms with Gasteiger partial charge in [-0.2, -0.15) is 0 Å². The molecule has 1 aromatic carbocycles. The number of carbonyl (C=O) groups excluding carboxylic acids is 2. The number of ether oxygens (including phenoxy) is 1. The Labute approximate surface area is 129 Å². The Morgan fingerprint density at radius 3 is 2.68 bits per heavy atom. The summed E-state index contributed by atoms with van der Waals surface area (Å²) in [4.78, 5) is 24.1. The second-order valence-corrected chi connectivity index (χ2v) is 5.48. The van der Waals surface area contributed by atoms with Crippen LogP contribution in [0, 0.1) is 0 Å². The van der Waals surface area contributed by atoms with E-state index >= 15 is 0 Å². The van der Waals surface area contributed by atoms with Crippen molar-refractivity contribution in [2.75, 3.05) is 6.61 Å². The monoisotopic (exact) mass is 297 g/mol. The molecule has 1 aliphatic carbocycles. The van der Waals surface area contributed by atoms with Crippen LogP contribution in [0.5, 0.6) is 0 Å². The van der Waals surface area contributed by atoms with Crippen molar-refractivity contribution >= 4 is 11.8 Å². The van der Waals surface area contributed by atoms with Crippen molar-refractivity contribution in [3.05, 3.63) is 58.9 Å². The van der Waals surface area contributed by atoms with Crippen molar-refractivity contribution in [1.29, 1.82) is 0 Å². The van der Waals surface area contributed by atoms with E-state index in [0.29, 0.717) is 12.2 Å². The summed E-state index contributed by atoms with van der Waals surface area (Å²) in [5.41, 5.74) is 3.93. The molecule has 0 atom stereocenters. The van der Waals surface area contributed by atoms with Crippen LogP contribution in [0.4, 0.5) is 0 Å². The summed E-state index contributed by atoms with van der Waals surface area (Å²) in [6, 6.07) is 11.8. The summed E-state index contributed by atoms with van der Waals surface area (Å²) >= 11 is 0. The average Bonchev–Trinajstić information content (AvgIpc) is 3.10. The molecule has 2 aromatic rings. The minimum atomic E-state index is -0.770. The van der Waals surface area contributed by atoms with Crippen LogP contribution in [-0.4, -0.2) is 22.9 Å². The first-order valence-electron chi connectivity index (χ1n) is 7.67. The Morgan fingerprint density at radius 2 is 1.95 bits per heavy atom. The quantitative estimate of drug-likeness (QED) is 0.484. The molecule has 114 valence electrons. The van der Waals surface area contributed by atoms with Gasteiger partial charge in [-0.1, -0.05) is 30.3 Å². The highest BCUT2D eigenvalue weighted by atomic mass is 16.5. The normalized spacial score (nSPS) is 13.0. The van der Waals surface area contributed by atoms with E-state index in [9.17, 15) is 9.59 Å². The van der Waals surface area contributed by atoms with Gasteiger partial charge in [0.1, 0.15) is 0 Å². The van der Waals surface area contributed by atoms with Crippen LogP contribution < -0.4 is 0 Å². The molecule has 4 heteroatoms. The average molecular weight is 297 g/mol. The largest absolute Gasteiger partial charge is 0.460 e. The molecule has 3 rings (SSSR count). The molecule has 0 unspecified atom stereocenters. The SMILES string of the molecule is CCOC(=O)C(=O)c1cc2c(n1Cc1ccccc1)CCC2. The van der Waals surface area contributed by atoms with E-state index in [1.54, 1.807) is 6.92 Å². The van der Waals surface area contributed by atoms with Crippen molar-refractivity contribution < 1.29 is 14.3 Å². The van der Waals surface area contributed by atoms with Crippen LogP contribution in [0.2, 0.25) is 0 Å². The Kier molecular flexibility index (Phi) is 4.09. The number of Topliss-reactive ketones (excluding diaryl/α,β-unsaturated/α-hetero) is 1. The summed E-state index contributed by atoms with van der Waals surface area (Å²) in [6.07, 6.45) is 3.03. The Balaban J connectivity index is 1.97. The van der Waals surface area contributed by atoms with E-state index in [1.165, 1.54) is 11.3 Å². The highest BCUT2D eigenvalue weighted by Gasteiger charge is 2.27. The van der Waals surface area contributed by atoms with Crippen LogP contribution in [0.25, 0.3) is 0 Å². The van der Waals surface area contributed by atoms with Crippen LogP contribution in [0.3, 0.4) is 0 Å². The molecule has 0 aliphatic heterocycles. The number of hydrogen-bond acceptors (Lipinski definition) is 3. The number of benzene rings is 1. The van der Waals surface area contributed by atoms with Crippen LogP contribution in [0.1, 0.15) is 40.7 Å². The maximum atomic E-state index is 12.4. The fraction of sp³-hybridized carbons (Fsp3) is 0.333. The second-order valence-electron chi connectivity index (χ2n) is 5.48. The first-order valence-corrected chi connectivity index (χ1v) is 7.67. The molecule has 4 nitrogen and oxygen atoms in total. The van der Waals surface area contributed by atoms with Gasteiger partial charge in [0.25, 0.3) is 5.78 Å². The first-order chi connectivity index (χ1) is 10.7. The zero-order valence-corrected chi connectivity index (χ0v) is 12.7. The van der Waals surface area contributed by atoms with Gasteiger partial charge in [0.2, 0.25) is 0 Å². The van der Waals surface area contributed by atoms with E-state index < -0.39 is 11.8 Å². The van der Waals surface area contributed by atoms with Gasteiger partial charge in [-0.3, -0.25) is 4.79 Å². The number of rotatable bonds is 5. The Morgan fingerprint density at radius 1 is 1.18 bits per heavy atom. The number of fused-ring (bicyclic) bond motifs is 1. The predicted octanol–water partition coefficient (Wildman–Crippen LogP) is 2.77. The van der Waals surface area contributed by atoms with Crippen molar-refractivity contribution in [1.82, 2.24) is 4.57 Å². The number of esters is 1. The fourth-order valence-corrected chi connectivity index (χ4v) is 3.04. The number of ketones is 1. The molecule has 1 heterocycles. The van der Waals surface area contributed by atoms with Gasteiger partial charge < -0.3 is 9.30 Å². The molecule has 0 bridgehead atoms. The molecule has 0 saturated carbocycles. The lowest BCUT2D eigenvalue weighted by atomic mass is 10.2. The third-order valence-corrected chi connectivity index (χ3v) is 4.03. The molecule has 0 spiro atoms. The molecule has 1 aliphatic rings. The van der Waals surface area contributed by atoms with Gasteiger partial charge in [0.05, 0.1) is 12.3 Å². The Hall–Kier alpha value is -2.36. The van der Waals surface area contributed by atoms with E-state index in [4.69, 9.17) is 4.74 Å². The molecule has 0 amide bonds. The van der Waals surface area contributed by atoms with E-state index in [2.05, 4.69) is 0 Å². The summed E-state index contributed by atoms with van der Waals surface area (Å²) in [6.45, 7) is 2.52. The summed E-state index contributed by atoms with van der Waals surface area (Å²) in [5.74, 6) is -1.32. The van der Waals surface area contributed by atoms with Gasteiger partial charge >= 0.3 is 5.97 Å². The zero-order valence-electron chi connectivity index (χ0n) is 12.7. The lowest BCUT2D eigenvalue weighted by molar-refractivity contribution is -0.137. The second kappa shape index (κ2) is 6.18. The van der Waals surface area contributed by atoms with E-state index in [0.717, 1.165) is 24.8 Å². The molecule has 22 heavy (non-hydrogen) atoms. The number of nitrogens with zero attached hydrogens (tertiary/aromatic N) is 1. The maximum absolute atomic E-state index is 12.4. The third kappa shape index (κ3) is 2.69. The summed E-state index contributed by atoms with van der Waals surface area (Å²) in [5, 5.41) is 0. The van der Waals surface area contributed by atoms with Gasteiger partial charge in [0.15, 0.2) is 0 Å². The van der Waals surface area contributed by atoms with Crippen LogP contribution in [0.15, 0.2) is 36.4 Å². The van der Waals surface area contributed by atoms with Gasteiger partial charge in [-0.25, -0.2) is 4.79 Å². The molecule has 0 N–H and O–H groups in total. The standard InChI is InChI=1S/C18H19NO3/c1-2-22-18(21)17(20)16-11-14-9-6-10-15(14)19(16)12-13-7-4-3-5-8-13/h3-5,7-8,11H,2,6,9-10,12H2,1H3. The topological polar surface area (TPSA) is 48.3 Å². The van der Waals surface area contributed by atoms with Crippen molar-refractivity contribution in [3.63, 3.8) is 0 Å². The maximum Gasteiger partial charge on any atom is 0.381 e. The van der Waals surface area contributed by atoms with Gasteiger partial charge in [0, 0.05) is 12.2 Å². The number of aryl methyl sites for hydroxylation is 1. The smallest absolute Gasteiger partial charge is 0.381 e. The highest BCUT2D eigenvalue weighted by molar-refractivity contribution is 6.40.